The zero-order valence-electron chi connectivity index (χ0n) is 4.97. The summed E-state index contributed by atoms with van der Waals surface area (Å²) in [6.45, 7) is 0.376. The molecule has 1 aliphatic heterocycles. The van der Waals surface area contributed by atoms with Gasteiger partial charge in [-0.1, -0.05) is 0 Å². The molecule has 1 aliphatic rings. The molecule has 0 spiro atoms. The van der Waals surface area contributed by atoms with E-state index in [9.17, 15) is 0 Å². The zero-order valence-corrected chi connectivity index (χ0v) is 5.78. The van der Waals surface area contributed by atoms with Crippen molar-refractivity contribution in [3.05, 3.63) is 0 Å². The van der Waals surface area contributed by atoms with Gasteiger partial charge < -0.3 is 5.11 Å². The Morgan fingerprint density at radius 2 is 2.25 bits per heavy atom. The van der Waals surface area contributed by atoms with E-state index < -0.39 is 0 Å². The fourth-order valence-electron chi connectivity index (χ4n) is 0.831. The molecule has 8 heavy (non-hydrogen) atoms. The largest absolute Gasteiger partial charge is 0.396 e. The van der Waals surface area contributed by atoms with E-state index in [4.69, 9.17) is 5.11 Å². The van der Waals surface area contributed by atoms with Gasteiger partial charge in [-0.2, -0.15) is 11.8 Å². The van der Waals surface area contributed by atoms with E-state index in [0.29, 0.717) is 6.61 Å². The van der Waals surface area contributed by atoms with Crippen LogP contribution in [0.5, 0.6) is 0 Å². The van der Waals surface area contributed by atoms with Crippen molar-refractivity contribution in [1.82, 2.24) is 0 Å². The highest BCUT2D eigenvalue weighted by Crippen LogP contribution is 2.27. The van der Waals surface area contributed by atoms with Crippen molar-refractivity contribution < 1.29 is 5.11 Å². The quantitative estimate of drug-likeness (QED) is 0.621. The second-order valence-corrected chi connectivity index (χ2v) is 3.34. The van der Waals surface area contributed by atoms with Gasteiger partial charge in [0.2, 0.25) is 0 Å². The molecule has 0 amide bonds. The predicted octanol–water partition coefficient (Wildman–Crippen LogP) is 1.12. The van der Waals surface area contributed by atoms with E-state index in [2.05, 4.69) is 0 Å². The minimum atomic E-state index is 0.376. The maximum Gasteiger partial charge on any atom is 0.0431 e. The summed E-state index contributed by atoms with van der Waals surface area (Å²) in [7, 11) is 0. The van der Waals surface area contributed by atoms with Crippen LogP contribution in [0.2, 0.25) is 0 Å². The molecule has 0 unspecified atom stereocenters. The third kappa shape index (κ3) is 1.67. The Morgan fingerprint density at radius 1 is 1.50 bits per heavy atom. The van der Waals surface area contributed by atoms with Gasteiger partial charge in [0, 0.05) is 6.61 Å². The summed E-state index contributed by atoms with van der Waals surface area (Å²) < 4.78 is 0. The van der Waals surface area contributed by atoms with Crippen molar-refractivity contribution in [2.45, 2.75) is 12.8 Å². The van der Waals surface area contributed by atoms with Crippen molar-refractivity contribution in [1.29, 1.82) is 0 Å². The van der Waals surface area contributed by atoms with Crippen LogP contribution in [0.15, 0.2) is 0 Å². The first-order valence-corrected chi connectivity index (χ1v) is 4.27. The second-order valence-electron chi connectivity index (χ2n) is 2.27. The van der Waals surface area contributed by atoms with Crippen LogP contribution in [0.25, 0.3) is 0 Å². The van der Waals surface area contributed by atoms with Gasteiger partial charge in [-0.15, -0.1) is 0 Å². The maximum atomic E-state index is 8.43. The van der Waals surface area contributed by atoms with Crippen LogP contribution in [0.1, 0.15) is 12.8 Å². The van der Waals surface area contributed by atoms with Crippen molar-refractivity contribution in [2.75, 3.05) is 18.1 Å². The molecule has 0 aromatic carbocycles. The first kappa shape index (κ1) is 6.43. The summed E-state index contributed by atoms with van der Waals surface area (Å²) in [5, 5.41) is 8.43. The number of hydrogen-bond donors (Lipinski definition) is 1. The van der Waals surface area contributed by atoms with Crippen LogP contribution in [-0.2, 0) is 0 Å². The lowest BCUT2D eigenvalue weighted by molar-refractivity contribution is 0.276. The van der Waals surface area contributed by atoms with Gasteiger partial charge >= 0.3 is 0 Å². The molecular weight excluding hydrogens is 120 g/mol. The Labute approximate surface area is 54.5 Å². The summed E-state index contributed by atoms with van der Waals surface area (Å²) in [4.78, 5) is 0. The summed E-state index contributed by atoms with van der Waals surface area (Å²) in [6.07, 6.45) is 2.24. The zero-order chi connectivity index (χ0) is 5.82. The molecule has 1 heterocycles. The summed E-state index contributed by atoms with van der Waals surface area (Å²) >= 11 is 2.01. The molecule has 2 heteroatoms. The van der Waals surface area contributed by atoms with Crippen molar-refractivity contribution in [3.8, 4) is 0 Å². The lowest BCUT2D eigenvalue weighted by Crippen LogP contribution is -2.17. The summed E-state index contributed by atoms with van der Waals surface area (Å²) in [5.41, 5.74) is 0. The fourth-order valence-corrected chi connectivity index (χ4v) is 1.73. The number of aliphatic hydroxyl groups excluding tert-OH is 1. The van der Waals surface area contributed by atoms with E-state index in [-0.39, 0.29) is 0 Å². The molecule has 0 atom stereocenters. The van der Waals surface area contributed by atoms with E-state index in [1.165, 1.54) is 17.9 Å². The maximum absolute atomic E-state index is 8.43. The number of rotatable bonds is 3. The van der Waals surface area contributed by atoms with E-state index in [0.717, 1.165) is 12.3 Å². The molecule has 48 valence electrons. The molecule has 0 aromatic rings. The first-order chi connectivity index (χ1) is 3.93. The molecular formula is C6H12OS. The molecule has 1 rings (SSSR count). The molecule has 0 radical (unpaired) electrons. The lowest BCUT2D eigenvalue weighted by Gasteiger charge is -2.23. The van der Waals surface area contributed by atoms with Crippen molar-refractivity contribution >= 4 is 11.8 Å². The van der Waals surface area contributed by atoms with Gasteiger partial charge in [-0.3, -0.25) is 0 Å². The lowest BCUT2D eigenvalue weighted by atomic mass is 10.1. The first-order valence-electron chi connectivity index (χ1n) is 3.12. The fraction of sp³-hybridized carbons (Fsp3) is 1.00. The average Bonchev–Trinajstić information content (AvgIpc) is 1.63. The highest BCUT2D eigenvalue weighted by molar-refractivity contribution is 8.00. The highest BCUT2D eigenvalue weighted by Gasteiger charge is 2.16. The van der Waals surface area contributed by atoms with Gasteiger partial charge in [0.1, 0.15) is 0 Å². The third-order valence-electron chi connectivity index (χ3n) is 1.48. The SMILES string of the molecule is OCCCC1CSC1. The van der Waals surface area contributed by atoms with Gasteiger partial charge in [0.15, 0.2) is 0 Å². The Morgan fingerprint density at radius 3 is 2.62 bits per heavy atom. The monoisotopic (exact) mass is 132 g/mol. The van der Waals surface area contributed by atoms with Crippen molar-refractivity contribution in [3.63, 3.8) is 0 Å². The molecule has 0 aromatic heterocycles. The summed E-state index contributed by atoms with van der Waals surface area (Å²) in [6, 6.07) is 0. The third-order valence-corrected chi connectivity index (χ3v) is 2.89. The highest BCUT2D eigenvalue weighted by atomic mass is 32.2. The predicted molar refractivity (Wildman–Crippen MR) is 37.1 cm³/mol. The van der Waals surface area contributed by atoms with Crippen molar-refractivity contribution in [2.24, 2.45) is 5.92 Å². The van der Waals surface area contributed by atoms with E-state index >= 15 is 0 Å². The normalized spacial score (nSPS) is 20.6. The Balaban J connectivity index is 1.86. The molecule has 1 saturated heterocycles. The molecule has 1 N–H and O–H groups in total. The molecule has 0 saturated carbocycles. The summed E-state index contributed by atoms with van der Waals surface area (Å²) in [5.74, 6) is 3.60. The van der Waals surface area contributed by atoms with Gasteiger partial charge in [-0.05, 0) is 30.3 Å². The number of aliphatic hydroxyl groups is 1. The number of hydrogen-bond acceptors (Lipinski definition) is 2. The standard InChI is InChI=1S/C6H12OS/c7-3-1-2-6-4-8-5-6/h6-7H,1-5H2. The molecule has 1 fully saturated rings. The minimum absolute atomic E-state index is 0.376. The van der Waals surface area contributed by atoms with E-state index in [1.54, 1.807) is 0 Å². The van der Waals surface area contributed by atoms with Crippen LogP contribution in [0.3, 0.4) is 0 Å². The topological polar surface area (TPSA) is 20.2 Å². The van der Waals surface area contributed by atoms with Gasteiger partial charge in [0.05, 0.1) is 0 Å². The molecule has 1 nitrogen and oxygen atoms in total. The van der Waals surface area contributed by atoms with E-state index in [1.807, 2.05) is 11.8 Å². The Bertz CT molecular complexity index is 61.5. The van der Waals surface area contributed by atoms with Crippen LogP contribution in [0, 0.1) is 5.92 Å². The van der Waals surface area contributed by atoms with Crippen LogP contribution in [0.4, 0.5) is 0 Å². The minimum Gasteiger partial charge on any atom is -0.396 e. The Kier molecular flexibility index (Phi) is 2.70. The average molecular weight is 132 g/mol. The second kappa shape index (κ2) is 3.36. The number of thioether (sulfide) groups is 1. The smallest absolute Gasteiger partial charge is 0.0431 e. The van der Waals surface area contributed by atoms with Crippen LogP contribution in [-0.4, -0.2) is 23.2 Å². The van der Waals surface area contributed by atoms with Crippen LogP contribution >= 0.6 is 11.8 Å². The van der Waals surface area contributed by atoms with Crippen LogP contribution < -0.4 is 0 Å². The van der Waals surface area contributed by atoms with Gasteiger partial charge in [0.25, 0.3) is 0 Å². The molecule has 0 bridgehead atoms. The van der Waals surface area contributed by atoms with Gasteiger partial charge in [-0.25, -0.2) is 0 Å². The Hall–Kier alpha value is 0.310. The molecule has 0 aliphatic carbocycles.